The number of hydrogen-bond acceptors (Lipinski definition) is 6. The molecule has 1 unspecified atom stereocenters. The number of pyridine rings is 1. The van der Waals surface area contributed by atoms with Crippen molar-refractivity contribution in [1.82, 2.24) is 20.4 Å². The quantitative estimate of drug-likeness (QED) is 0.586. The molecule has 0 amide bonds. The molecule has 6 heteroatoms. The predicted molar refractivity (Wildman–Crippen MR) is 62.0 cm³/mol. The SMILES string of the molecule is COc1cc(C(NN)c2cccnc2)ncn1. The summed E-state index contributed by atoms with van der Waals surface area (Å²) in [5.41, 5.74) is 4.36. The minimum atomic E-state index is -0.236. The lowest BCUT2D eigenvalue weighted by Gasteiger charge is -2.15. The molecule has 2 rings (SSSR count). The molecule has 88 valence electrons. The number of nitrogens with two attached hydrogens (primary N) is 1. The number of hydrazine groups is 1. The standard InChI is InChI=1S/C11H13N5O/c1-17-10-5-9(14-7-15-10)11(16-12)8-3-2-4-13-6-8/h2-7,11,16H,12H2,1H3. The van der Waals surface area contributed by atoms with Crippen molar-refractivity contribution in [3.05, 3.63) is 48.2 Å². The molecule has 0 saturated heterocycles. The maximum absolute atomic E-state index is 5.55. The zero-order chi connectivity index (χ0) is 12.1. The van der Waals surface area contributed by atoms with Crippen LogP contribution in [0.3, 0.4) is 0 Å². The van der Waals surface area contributed by atoms with Crippen LogP contribution in [-0.2, 0) is 0 Å². The van der Waals surface area contributed by atoms with Gasteiger partial charge in [0.2, 0.25) is 5.88 Å². The van der Waals surface area contributed by atoms with E-state index >= 15 is 0 Å². The van der Waals surface area contributed by atoms with Crippen LogP contribution >= 0.6 is 0 Å². The summed E-state index contributed by atoms with van der Waals surface area (Å²) >= 11 is 0. The average molecular weight is 231 g/mol. The predicted octanol–water partition coefficient (Wildman–Crippen LogP) is 0.433. The van der Waals surface area contributed by atoms with Gasteiger partial charge in [0, 0.05) is 18.5 Å². The highest BCUT2D eigenvalue weighted by Gasteiger charge is 2.14. The van der Waals surface area contributed by atoms with Gasteiger partial charge in [-0.2, -0.15) is 0 Å². The number of rotatable bonds is 4. The van der Waals surface area contributed by atoms with E-state index in [1.807, 2.05) is 12.1 Å². The van der Waals surface area contributed by atoms with Crippen LogP contribution in [0, 0.1) is 0 Å². The normalized spacial score (nSPS) is 12.1. The zero-order valence-corrected chi connectivity index (χ0v) is 9.37. The first-order chi connectivity index (χ1) is 8.35. The molecule has 0 spiro atoms. The minimum Gasteiger partial charge on any atom is -0.481 e. The molecule has 17 heavy (non-hydrogen) atoms. The van der Waals surface area contributed by atoms with E-state index < -0.39 is 0 Å². The van der Waals surface area contributed by atoms with Gasteiger partial charge in [-0.3, -0.25) is 10.8 Å². The lowest BCUT2D eigenvalue weighted by atomic mass is 10.1. The first-order valence-corrected chi connectivity index (χ1v) is 5.07. The Morgan fingerprint density at radius 1 is 1.41 bits per heavy atom. The number of nitrogens with one attached hydrogen (secondary N) is 1. The Morgan fingerprint density at radius 2 is 2.29 bits per heavy atom. The molecule has 2 aromatic rings. The zero-order valence-electron chi connectivity index (χ0n) is 9.37. The summed E-state index contributed by atoms with van der Waals surface area (Å²) in [5.74, 6) is 6.05. The summed E-state index contributed by atoms with van der Waals surface area (Å²) in [5, 5.41) is 0. The first kappa shape index (κ1) is 11.4. The van der Waals surface area contributed by atoms with Gasteiger partial charge >= 0.3 is 0 Å². The summed E-state index contributed by atoms with van der Waals surface area (Å²) in [6.07, 6.45) is 4.88. The fourth-order valence-electron chi connectivity index (χ4n) is 1.52. The van der Waals surface area contributed by atoms with Crippen molar-refractivity contribution in [2.24, 2.45) is 5.84 Å². The van der Waals surface area contributed by atoms with Gasteiger partial charge in [-0.1, -0.05) is 6.07 Å². The first-order valence-electron chi connectivity index (χ1n) is 5.07. The lowest BCUT2D eigenvalue weighted by molar-refractivity contribution is 0.395. The van der Waals surface area contributed by atoms with Crippen LogP contribution < -0.4 is 16.0 Å². The third-order valence-corrected chi connectivity index (χ3v) is 2.35. The van der Waals surface area contributed by atoms with Gasteiger partial charge in [0.25, 0.3) is 0 Å². The Bertz CT molecular complexity index is 476. The Kier molecular flexibility index (Phi) is 3.59. The summed E-state index contributed by atoms with van der Waals surface area (Å²) in [7, 11) is 1.56. The maximum atomic E-state index is 5.55. The van der Waals surface area contributed by atoms with Crippen LogP contribution in [0.25, 0.3) is 0 Å². The fraction of sp³-hybridized carbons (Fsp3) is 0.182. The molecular weight excluding hydrogens is 218 g/mol. The largest absolute Gasteiger partial charge is 0.481 e. The molecule has 0 bridgehead atoms. The van der Waals surface area contributed by atoms with Crippen LogP contribution in [0.5, 0.6) is 5.88 Å². The van der Waals surface area contributed by atoms with E-state index in [1.54, 1.807) is 25.6 Å². The number of hydrogen-bond donors (Lipinski definition) is 2. The number of nitrogens with zero attached hydrogens (tertiary/aromatic N) is 3. The second-order valence-electron chi connectivity index (χ2n) is 3.37. The van der Waals surface area contributed by atoms with E-state index in [2.05, 4.69) is 20.4 Å². The summed E-state index contributed by atoms with van der Waals surface area (Å²) < 4.78 is 5.05. The van der Waals surface area contributed by atoms with Crippen molar-refractivity contribution < 1.29 is 4.74 Å². The third kappa shape index (κ3) is 2.55. The van der Waals surface area contributed by atoms with Crippen molar-refractivity contribution in [3.63, 3.8) is 0 Å². The average Bonchev–Trinajstić information content (AvgIpc) is 2.41. The summed E-state index contributed by atoms with van der Waals surface area (Å²) in [6, 6.07) is 5.27. The smallest absolute Gasteiger partial charge is 0.216 e. The third-order valence-electron chi connectivity index (χ3n) is 2.35. The highest BCUT2D eigenvalue weighted by molar-refractivity contribution is 5.27. The number of methoxy groups -OCH3 is 1. The Hall–Kier alpha value is -2.05. The van der Waals surface area contributed by atoms with E-state index in [1.165, 1.54) is 6.33 Å². The van der Waals surface area contributed by atoms with Crippen molar-refractivity contribution in [2.45, 2.75) is 6.04 Å². The minimum absolute atomic E-state index is 0.236. The Morgan fingerprint density at radius 3 is 2.94 bits per heavy atom. The van der Waals surface area contributed by atoms with Crippen molar-refractivity contribution in [3.8, 4) is 5.88 Å². The molecule has 0 radical (unpaired) electrons. The van der Waals surface area contributed by atoms with Gasteiger partial charge < -0.3 is 4.74 Å². The van der Waals surface area contributed by atoms with E-state index in [0.29, 0.717) is 5.88 Å². The molecule has 2 aromatic heterocycles. The Labute approximate surface area is 98.9 Å². The van der Waals surface area contributed by atoms with E-state index in [9.17, 15) is 0 Å². The molecule has 2 heterocycles. The van der Waals surface area contributed by atoms with Crippen LogP contribution in [0.2, 0.25) is 0 Å². The number of aromatic nitrogens is 3. The van der Waals surface area contributed by atoms with Crippen LogP contribution in [-0.4, -0.2) is 22.1 Å². The summed E-state index contributed by atoms with van der Waals surface area (Å²) in [6.45, 7) is 0. The Balaban J connectivity index is 2.35. The van der Waals surface area contributed by atoms with Crippen LogP contribution in [0.15, 0.2) is 36.9 Å². The van der Waals surface area contributed by atoms with Crippen LogP contribution in [0.4, 0.5) is 0 Å². The molecule has 1 atom stereocenters. The van der Waals surface area contributed by atoms with Gasteiger partial charge in [-0.25, -0.2) is 15.4 Å². The van der Waals surface area contributed by atoms with Crippen molar-refractivity contribution in [1.29, 1.82) is 0 Å². The molecular formula is C11H13N5O. The van der Waals surface area contributed by atoms with Crippen LogP contribution in [0.1, 0.15) is 17.3 Å². The fourth-order valence-corrected chi connectivity index (χ4v) is 1.52. The molecule has 0 aromatic carbocycles. The topological polar surface area (TPSA) is 86.0 Å². The molecule has 0 saturated carbocycles. The van der Waals surface area contributed by atoms with Gasteiger partial charge in [-0.05, 0) is 11.6 Å². The molecule has 0 fully saturated rings. The molecule has 0 aliphatic rings. The van der Waals surface area contributed by atoms with Gasteiger partial charge in [0.05, 0.1) is 18.8 Å². The number of ether oxygens (including phenoxy) is 1. The summed E-state index contributed by atoms with van der Waals surface area (Å²) in [4.78, 5) is 12.2. The molecule has 0 aliphatic heterocycles. The van der Waals surface area contributed by atoms with Crippen molar-refractivity contribution in [2.75, 3.05) is 7.11 Å². The molecule has 3 N–H and O–H groups in total. The highest BCUT2D eigenvalue weighted by atomic mass is 16.5. The maximum Gasteiger partial charge on any atom is 0.216 e. The van der Waals surface area contributed by atoms with E-state index in [0.717, 1.165) is 11.3 Å². The lowest BCUT2D eigenvalue weighted by Crippen LogP contribution is -2.29. The monoisotopic (exact) mass is 231 g/mol. The molecule has 6 nitrogen and oxygen atoms in total. The second kappa shape index (κ2) is 5.33. The van der Waals surface area contributed by atoms with Gasteiger partial charge in [-0.15, -0.1) is 0 Å². The van der Waals surface area contributed by atoms with Gasteiger partial charge in [0.15, 0.2) is 0 Å². The highest BCUT2D eigenvalue weighted by Crippen LogP contribution is 2.20. The van der Waals surface area contributed by atoms with Crippen molar-refractivity contribution >= 4 is 0 Å². The van der Waals surface area contributed by atoms with E-state index in [4.69, 9.17) is 10.6 Å². The molecule has 0 aliphatic carbocycles. The second-order valence-corrected chi connectivity index (χ2v) is 3.37. The van der Waals surface area contributed by atoms with E-state index in [-0.39, 0.29) is 6.04 Å². The van der Waals surface area contributed by atoms with Gasteiger partial charge in [0.1, 0.15) is 6.33 Å².